The maximum absolute atomic E-state index is 12.3. The average Bonchev–Trinajstić information content (AvgIpc) is 3.11. The molecule has 0 aliphatic carbocycles. The molecule has 7 heteroatoms. The van der Waals surface area contributed by atoms with Crippen molar-refractivity contribution in [3.8, 4) is 0 Å². The molecule has 3 amide bonds. The predicted molar refractivity (Wildman–Crippen MR) is 85.2 cm³/mol. The lowest BCUT2D eigenvalue weighted by atomic mass is 10.1. The Balaban J connectivity index is 1.45. The molecule has 1 N–H and O–H groups in total. The number of piperazine rings is 1. The number of piperidine rings is 1. The normalized spacial score (nSPS) is 20.6. The van der Waals surface area contributed by atoms with Gasteiger partial charge in [0.15, 0.2) is 5.76 Å². The van der Waals surface area contributed by atoms with Crippen LogP contribution in [0, 0.1) is 0 Å². The highest BCUT2D eigenvalue weighted by atomic mass is 16.3. The van der Waals surface area contributed by atoms with Crippen LogP contribution in [0.4, 0.5) is 4.79 Å². The molecule has 2 aliphatic heterocycles. The van der Waals surface area contributed by atoms with E-state index in [9.17, 15) is 9.59 Å². The Morgan fingerprint density at radius 2 is 1.74 bits per heavy atom. The van der Waals surface area contributed by atoms with Gasteiger partial charge in [-0.3, -0.25) is 4.79 Å². The van der Waals surface area contributed by atoms with Gasteiger partial charge in [-0.25, -0.2) is 4.79 Å². The Bertz CT molecular complexity index is 530. The van der Waals surface area contributed by atoms with Crippen LogP contribution in [-0.2, 0) is 0 Å². The van der Waals surface area contributed by atoms with E-state index < -0.39 is 0 Å². The zero-order valence-corrected chi connectivity index (χ0v) is 13.5. The Labute approximate surface area is 136 Å². The summed E-state index contributed by atoms with van der Waals surface area (Å²) in [6.45, 7) is 4.25. The standard InChI is InChI=1S/C16H24N4O3/c1-18-6-4-13(5-7-18)17-16(22)20-10-8-19(9-11-20)15(21)14-3-2-12-23-14/h2-3,12-13H,4-11H2,1H3,(H,17,22). The van der Waals surface area contributed by atoms with Crippen molar-refractivity contribution in [3.63, 3.8) is 0 Å². The minimum Gasteiger partial charge on any atom is -0.459 e. The topological polar surface area (TPSA) is 69.0 Å². The molecule has 2 fully saturated rings. The van der Waals surface area contributed by atoms with Crippen LogP contribution in [0.1, 0.15) is 23.4 Å². The Morgan fingerprint density at radius 1 is 1.09 bits per heavy atom. The lowest BCUT2D eigenvalue weighted by Gasteiger charge is -2.36. The summed E-state index contributed by atoms with van der Waals surface area (Å²) in [5, 5.41) is 3.12. The van der Waals surface area contributed by atoms with Gasteiger partial charge in [0.05, 0.1) is 6.26 Å². The highest BCUT2D eigenvalue weighted by Gasteiger charge is 2.27. The number of carbonyl (C=O) groups excluding carboxylic acids is 2. The van der Waals surface area contributed by atoms with Crippen LogP contribution < -0.4 is 5.32 Å². The number of rotatable bonds is 2. The molecule has 7 nitrogen and oxygen atoms in total. The lowest BCUT2D eigenvalue weighted by Crippen LogP contribution is -2.55. The predicted octanol–water partition coefficient (Wildman–Crippen LogP) is 0.841. The fraction of sp³-hybridized carbons (Fsp3) is 0.625. The van der Waals surface area contributed by atoms with Crippen molar-refractivity contribution < 1.29 is 14.0 Å². The van der Waals surface area contributed by atoms with Gasteiger partial charge >= 0.3 is 6.03 Å². The maximum Gasteiger partial charge on any atom is 0.317 e. The van der Waals surface area contributed by atoms with Gasteiger partial charge in [-0.2, -0.15) is 0 Å². The van der Waals surface area contributed by atoms with E-state index in [0.29, 0.717) is 31.9 Å². The molecule has 0 bridgehead atoms. The van der Waals surface area contributed by atoms with Crippen LogP contribution in [0.25, 0.3) is 0 Å². The van der Waals surface area contributed by atoms with Crippen LogP contribution in [-0.4, -0.2) is 79.0 Å². The number of carbonyl (C=O) groups is 2. The van der Waals surface area contributed by atoms with Gasteiger partial charge in [0.2, 0.25) is 0 Å². The summed E-state index contributed by atoms with van der Waals surface area (Å²) in [5.41, 5.74) is 0. The van der Waals surface area contributed by atoms with Crippen molar-refractivity contribution in [1.82, 2.24) is 20.0 Å². The second kappa shape index (κ2) is 7.04. The molecule has 0 radical (unpaired) electrons. The fourth-order valence-corrected chi connectivity index (χ4v) is 3.09. The smallest absolute Gasteiger partial charge is 0.317 e. The quantitative estimate of drug-likeness (QED) is 0.877. The van der Waals surface area contributed by atoms with E-state index in [4.69, 9.17) is 4.42 Å². The summed E-state index contributed by atoms with van der Waals surface area (Å²) in [5.74, 6) is 0.250. The Hall–Kier alpha value is -2.02. The largest absolute Gasteiger partial charge is 0.459 e. The third-order valence-corrected chi connectivity index (χ3v) is 4.63. The molecule has 126 valence electrons. The first-order valence-electron chi connectivity index (χ1n) is 8.20. The van der Waals surface area contributed by atoms with Crippen molar-refractivity contribution in [3.05, 3.63) is 24.2 Å². The number of hydrogen-bond donors (Lipinski definition) is 1. The summed E-state index contributed by atoms with van der Waals surface area (Å²) in [4.78, 5) is 30.3. The summed E-state index contributed by atoms with van der Waals surface area (Å²) >= 11 is 0. The molecule has 2 aliphatic rings. The van der Waals surface area contributed by atoms with Gasteiger partial charge in [0.25, 0.3) is 5.91 Å². The van der Waals surface area contributed by atoms with Gasteiger partial charge < -0.3 is 24.4 Å². The van der Waals surface area contributed by atoms with E-state index in [-0.39, 0.29) is 18.0 Å². The SMILES string of the molecule is CN1CCC(NC(=O)N2CCN(C(=O)c3ccco3)CC2)CC1. The van der Waals surface area contributed by atoms with E-state index in [1.165, 1.54) is 6.26 Å². The number of amides is 3. The van der Waals surface area contributed by atoms with Crippen LogP contribution in [0.3, 0.4) is 0 Å². The highest BCUT2D eigenvalue weighted by molar-refractivity contribution is 5.91. The first kappa shape index (κ1) is 15.9. The number of hydrogen-bond acceptors (Lipinski definition) is 4. The second-order valence-corrected chi connectivity index (χ2v) is 6.28. The monoisotopic (exact) mass is 320 g/mol. The third kappa shape index (κ3) is 3.85. The molecule has 0 saturated carbocycles. The van der Waals surface area contributed by atoms with Crippen LogP contribution in [0.2, 0.25) is 0 Å². The minimum absolute atomic E-state index is 0.00958. The summed E-state index contributed by atoms with van der Waals surface area (Å²) in [6, 6.07) is 3.63. The molecule has 3 heterocycles. The number of likely N-dealkylation sites (tertiary alicyclic amines) is 1. The average molecular weight is 320 g/mol. The van der Waals surface area contributed by atoms with Crippen molar-refractivity contribution >= 4 is 11.9 Å². The van der Waals surface area contributed by atoms with Crippen molar-refractivity contribution in [1.29, 1.82) is 0 Å². The molecule has 0 aromatic carbocycles. The highest BCUT2D eigenvalue weighted by Crippen LogP contribution is 2.11. The van der Waals surface area contributed by atoms with Crippen LogP contribution >= 0.6 is 0 Å². The number of urea groups is 1. The Kier molecular flexibility index (Phi) is 4.85. The first-order chi connectivity index (χ1) is 11.1. The fourth-order valence-electron chi connectivity index (χ4n) is 3.09. The molecular weight excluding hydrogens is 296 g/mol. The molecule has 0 unspecified atom stereocenters. The molecule has 0 atom stereocenters. The van der Waals surface area contributed by atoms with E-state index in [1.807, 2.05) is 0 Å². The number of nitrogens with one attached hydrogen (secondary N) is 1. The van der Waals surface area contributed by atoms with Gasteiger partial charge in [-0.15, -0.1) is 0 Å². The van der Waals surface area contributed by atoms with Gasteiger partial charge in [-0.05, 0) is 45.1 Å². The number of furan rings is 1. The maximum atomic E-state index is 12.3. The van der Waals surface area contributed by atoms with Gasteiger partial charge in [0, 0.05) is 32.2 Å². The van der Waals surface area contributed by atoms with E-state index in [2.05, 4.69) is 17.3 Å². The summed E-state index contributed by atoms with van der Waals surface area (Å²) < 4.78 is 5.14. The van der Waals surface area contributed by atoms with Crippen molar-refractivity contribution in [2.24, 2.45) is 0 Å². The summed E-state index contributed by atoms with van der Waals surface area (Å²) in [7, 11) is 2.10. The van der Waals surface area contributed by atoms with Gasteiger partial charge in [-0.1, -0.05) is 0 Å². The van der Waals surface area contributed by atoms with Crippen LogP contribution in [0.5, 0.6) is 0 Å². The molecule has 3 rings (SSSR count). The van der Waals surface area contributed by atoms with Crippen molar-refractivity contribution in [2.45, 2.75) is 18.9 Å². The zero-order valence-electron chi connectivity index (χ0n) is 13.5. The van der Waals surface area contributed by atoms with Gasteiger partial charge in [0.1, 0.15) is 0 Å². The lowest BCUT2D eigenvalue weighted by molar-refractivity contribution is 0.0631. The molecule has 2 saturated heterocycles. The molecular formula is C16H24N4O3. The summed E-state index contributed by atoms with van der Waals surface area (Å²) in [6.07, 6.45) is 3.50. The van der Waals surface area contributed by atoms with E-state index in [0.717, 1.165) is 25.9 Å². The van der Waals surface area contributed by atoms with Crippen molar-refractivity contribution in [2.75, 3.05) is 46.3 Å². The van der Waals surface area contributed by atoms with E-state index >= 15 is 0 Å². The van der Waals surface area contributed by atoms with Crippen LogP contribution in [0.15, 0.2) is 22.8 Å². The molecule has 23 heavy (non-hydrogen) atoms. The number of nitrogens with zero attached hydrogens (tertiary/aromatic N) is 3. The molecule has 1 aromatic rings. The third-order valence-electron chi connectivity index (χ3n) is 4.63. The minimum atomic E-state index is -0.106. The zero-order chi connectivity index (χ0) is 16.2. The molecule has 1 aromatic heterocycles. The second-order valence-electron chi connectivity index (χ2n) is 6.28. The Morgan fingerprint density at radius 3 is 2.35 bits per heavy atom. The van der Waals surface area contributed by atoms with E-state index in [1.54, 1.807) is 21.9 Å². The molecule has 0 spiro atoms. The first-order valence-corrected chi connectivity index (χ1v) is 8.20.